The average molecular weight is 317 g/mol. The molecule has 6 heteroatoms. The van der Waals surface area contributed by atoms with Gasteiger partial charge in [-0.2, -0.15) is 0 Å². The van der Waals surface area contributed by atoms with E-state index >= 15 is 0 Å². The van der Waals surface area contributed by atoms with Crippen molar-refractivity contribution in [2.24, 2.45) is 0 Å². The molecule has 1 aromatic rings. The van der Waals surface area contributed by atoms with E-state index in [0.717, 1.165) is 19.4 Å². The van der Waals surface area contributed by atoms with E-state index in [9.17, 15) is 9.90 Å². The molecule has 0 saturated carbocycles. The molecule has 1 fully saturated rings. The first-order valence-corrected chi connectivity index (χ1v) is 7.53. The number of phenolic OH excluding ortho intramolecular Hbond substituents is 1. The molecule has 4 nitrogen and oxygen atoms in total. The van der Waals surface area contributed by atoms with E-state index < -0.39 is 0 Å². The van der Waals surface area contributed by atoms with E-state index in [0.29, 0.717) is 18.2 Å². The maximum atomic E-state index is 11.9. The SMILES string of the molecule is O=C(CCC1CCCCN1)Nc1cc(Cl)c(O)c(Cl)c1. The zero-order chi connectivity index (χ0) is 14.5. The van der Waals surface area contributed by atoms with Crippen molar-refractivity contribution >= 4 is 34.8 Å². The number of benzene rings is 1. The molecule has 20 heavy (non-hydrogen) atoms. The molecule has 0 spiro atoms. The summed E-state index contributed by atoms with van der Waals surface area (Å²) in [5.74, 6) is -0.243. The minimum Gasteiger partial charge on any atom is -0.505 e. The molecule has 3 N–H and O–H groups in total. The van der Waals surface area contributed by atoms with Gasteiger partial charge in [-0.1, -0.05) is 29.6 Å². The van der Waals surface area contributed by atoms with Crippen LogP contribution in [0.4, 0.5) is 5.69 Å². The van der Waals surface area contributed by atoms with Crippen molar-refractivity contribution in [3.05, 3.63) is 22.2 Å². The van der Waals surface area contributed by atoms with Gasteiger partial charge in [0.1, 0.15) is 0 Å². The molecule has 0 radical (unpaired) electrons. The Morgan fingerprint density at radius 3 is 2.65 bits per heavy atom. The van der Waals surface area contributed by atoms with Gasteiger partial charge in [0.05, 0.1) is 10.0 Å². The number of carbonyl (C=O) groups is 1. The van der Waals surface area contributed by atoms with Crippen LogP contribution in [0.25, 0.3) is 0 Å². The number of carbonyl (C=O) groups excluding carboxylic acids is 1. The standard InChI is InChI=1S/C14H18Cl2N2O2/c15-11-7-10(8-12(16)14(11)20)18-13(19)5-4-9-3-1-2-6-17-9/h7-9,17,20H,1-6H2,(H,18,19). The third kappa shape index (κ3) is 4.27. The van der Waals surface area contributed by atoms with E-state index in [1.54, 1.807) is 0 Å². The number of piperidine rings is 1. The zero-order valence-electron chi connectivity index (χ0n) is 11.1. The van der Waals surface area contributed by atoms with Crippen LogP contribution in [0.1, 0.15) is 32.1 Å². The van der Waals surface area contributed by atoms with Crippen LogP contribution in [0.3, 0.4) is 0 Å². The number of aromatic hydroxyl groups is 1. The van der Waals surface area contributed by atoms with Crippen molar-refractivity contribution in [1.82, 2.24) is 5.32 Å². The summed E-state index contributed by atoms with van der Waals surface area (Å²) in [5.41, 5.74) is 0.499. The summed E-state index contributed by atoms with van der Waals surface area (Å²) < 4.78 is 0. The molecule has 1 amide bonds. The molecule has 0 aliphatic carbocycles. The van der Waals surface area contributed by atoms with Gasteiger partial charge in [0.25, 0.3) is 0 Å². The third-order valence-corrected chi connectivity index (χ3v) is 4.01. The van der Waals surface area contributed by atoms with Crippen LogP contribution in [-0.4, -0.2) is 23.6 Å². The second-order valence-corrected chi connectivity index (χ2v) is 5.84. The molecule has 0 bridgehead atoms. The highest BCUT2D eigenvalue weighted by Gasteiger charge is 2.14. The van der Waals surface area contributed by atoms with Crippen LogP contribution in [0.15, 0.2) is 12.1 Å². The zero-order valence-corrected chi connectivity index (χ0v) is 12.6. The van der Waals surface area contributed by atoms with E-state index in [1.165, 1.54) is 25.0 Å². The molecule has 1 heterocycles. The van der Waals surface area contributed by atoms with Gasteiger partial charge in [-0.05, 0) is 37.9 Å². The predicted molar refractivity (Wildman–Crippen MR) is 81.6 cm³/mol. The lowest BCUT2D eigenvalue weighted by atomic mass is 10.0. The highest BCUT2D eigenvalue weighted by molar-refractivity contribution is 6.37. The van der Waals surface area contributed by atoms with Crippen LogP contribution in [0.5, 0.6) is 5.75 Å². The summed E-state index contributed by atoms with van der Waals surface area (Å²) >= 11 is 11.6. The fourth-order valence-electron chi connectivity index (χ4n) is 2.34. The van der Waals surface area contributed by atoms with Crippen LogP contribution in [0, 0.1) is 0 Å². The number of rotatable bonds is 4. The van der Waals surface area contributed by atoms with Crippen molar-refractivity contribution in [3.63, 3.8) is 0 Å². The smallest absolute Gasteiger partial charge is 0.224 e. The quantitative estimate of drug-likeness (QED) is 0.744. The van der Waals surface area contributed by atoms with Gasteiger partial charge in [0.2, 0.25) is 5.91 Å². The Kier molecular flexibility index (Phi) is 5.52. The van der Waals surface area contributed by atoms with Gasteiger partial charge in [-0.25, -0.2) is 0 Å². The van der Waals surface area contributed by atoms with Crippen LogP contribution >= 0.6 is 23.2 Å². The van der Waals surface area contributed by atoms with E-state index in [1.807, 2.05) is 0 Å². The number of phenols is 1. The first kappa shape index (κ1) is 15.4. The minimum atomic E-state index is -0.169. The molecule has 1 aromatic carbocycles. The first-order chi connectivity index (χ1) is 9.56. The summed E-state index contributed by atoms with van der Waals surface area (Å²) in [6.07, 6.45) is 4.85. The van der Waals surface area contributed by atoms with E-state index in [4.69, 9.17) is 23.2 Å². The fourth-order valence-corrected chi connectivity index (χ4v) is 2.82. The van der Waals surface area contributed by atoms with Crippen molar-refractivity contribution in [1.29, 1.82) is 0 Å². The maximum Gasteiger partial charge on any atom is 0.224 e. The first-order valence-electron chi connectivity index (χ1n) is 6.77. The third-order valence-electron chi connectivity index (χ3n) is 3.43. The number of hydrogen-bond donors (Lipinski definition) is 3. The molecule has 2 rings (SSSR count). The van der Waals surface area contributed by atoms with Gasteiger partial charge in [-0.3, -0.25) is 4.79 Å². The minimum absolute atomic E-state index is 0.0739. The van der Waals surface area contributed by atoms with Gasteiger partial charge >= 0.3 is 0 Å². The van der Waals surface area contributed by atoms with Crippen LogP contribution in [-0.2, 0) is 4.79 Å². The Labute approximate surface area is 128 Å². The Hall–Kier alpha value is -0.970. The molecular weight excluding hydrogens is 299 g/mol. The van der Waals surface area contributed by atoms with Crippen molar-refractivity contribution in [2.45, 2.75) is 38.1 Å². The van der Waals surface area contributed by atoms with Gasteiger partial charge in [0.15, 0.2) is 5.75 Å². The average Bonchev–Trinajstić information content (AvgIpc) is 2.43. The second-order valence-electron chi connectivity index (χ2n) is 5.02. The lowest BCUT2D eigenvalue weighted by Gasteiger charge is -2.23. The summed E-state index contributed by atoms with van der Waals surface area (Å²) in [6.45, 7) is 1.04. The largest absolute Gasteiger partial charge is 0.505 e. The monoisotopic (exact) mass is 316 g/mol. The Morgan fingerprint density at radius 1 is 1.35 bits per heavy atom. The number of amides is 1. The second kappa shape index (κ2) is 7.16. The maximum absolute atomic E-state index is 11.9. The summed E-state index contributed by atoms with van der Waals surface area (Å²) in [5, 5.41) is 15.9. The summed E-state index contributed by atoms with van der Waals surface area (Å²) in [7, 11) is 0. The lowest BCUT2D eigenvalue weighted by Crippen LogP contribution is -2.34. The normalized spacial score (nSPS) is 18.8. The summed E-state index contributed by atoms with van der Waals surface area (Å²) in [6, 6.07) is 3.40. The predicted octanol–water partition coefficient (Wildman–Crippen LogP) is 3.56. The van der Waals surface area contributed by atoms with Crippen molar-refractivity contribution < 1.29 is 9.90 Å². The Morgan fingerprint density at radius 2 is 2.05 bits per heavy atom. The molecule has 110 valence electrons. The van der Waals surface area contributed by atoms with Gasteiger partial charge in [-0.15, -0.1) is 0 Å². The van der Waals surface area contributed by atoms with Crippen LogP contribution < -0.4 is 10.6 Å². The number of halogens is 2. The van der Waals surface area contributed by atoms with Crippen molar-refractivity contribution in [3.8, 4) is 5.75 Å². The lowest BCUT2D eigenvalue weighted by molar-refractivity contribution is -0.116. The summed E-state index contributed by atoms with van der Waals surface area (Å²) in [4.78, 5) is 11.9. The molecule has 1 aliphatic rings. The van der Waals surface area contributed by atoms with Gasteiger partial charge in [0, 0.05) is 18.2 Å². The molecule has 1 saturated heterocycles. The molecule has 1 unspecified atom stereocenters. The van der Waals surface area contributed by atoms with E-state index in [2.05, 4.69) is 10.6 Å². The Balaban J connectivity index is 1.84. The molecular formula is C14H18Cl2N2O2. The van der Waals surface area contributed by atoms with Crippen molar-refractivity contribution in [2.75, 3.05) is 11.9 Å². The molecule has 1 atom stereocenters. The number of nitrogens with one attached hydrogen (secondary N) is 2. The Bertz CT molecular complexity index is 465. The molecule has 0 aromatic heterocycles. The highest BCUT2D eigenvalue weighted by Crippen LogP contribution is 2.34. The fraction of sp³-hybridized carbons (Fsp3) is 0.500. The topological polar surface area (TPSA) is 61.4 Å². The molecule has 1 aliphatic heterocycles. The van der Waals surface area contributed by atoms with Gasteiger partial charge < -0.3 is 15.7 Å². The van der Waals surface area contributed by atoms with E-state index in [-0.39, 0.29) is 21.7 Å². The van der Waals surface area contributed by atoms with Crippen LogP contribution in [0.2, 0.25) is 10.0 Å². The number of hydrogen-bond acceptors (Lipinski definition) is 3. The number of anilines is 1. The highest BCUT2D eigenvalue weighted by atomic mass is 35.5.